The van der Waals surface area contributed by atoms with Gasteiger partial charge < -0.3 is 15.6 Å². The summed E-state index contributed by atoms with van der Waals surface area (Å²) >= 11 is 3.49. The molecule has 0 saturated heterocycles. The highest BCUT2D eigenvalue weighted by Gasteiger charge is 2.14. The van der Waals surface area contributed by atoms with Crippen LogP contribution in [-0.4, -0.2) is 20.9 Å². The second kappa shape index (κ2) is 6.17. The Hall–Kier alpha value is -2.02. The molecule has 1 heterocycles. The van der Waals surface area contributed by atoms with Gasteiger partial charge in [0.2, 0.25) is 0 Å². The number of hydrogen-bond acceptors (Lipinski definition) is 4. The Balaban J connectivity index is 2.21. The van der Waals surface area contributed by atoms with Crippen LogP contribution in [0, 0.1) is 6.92 Å². The number of aromatic nitrogens is 2. The molecule has 0 unspecified atom stereocenters. The van der Waals surface area contributed by atoms with Crippen molar-refractivity contribution in [1.29, 1.82) is 0 Å². The molecule has 0 aliphatic rings. The molecule has 112 valence electrons. The Morgan fingerprint density at radius 2 is 2.24 bits per heavy atom. The number of hydrogen-bond donors (Lipinski definition) is 2. The van der Waals surface area contributed by atoms with Crippen molar-refractivity contribution < 1.29 is 14.6 Å². The van der Waals surface area contributed by atoms with Crippen LogP contribution in [0.5, 0.6) is 5.75 Å². The summed E-state index contributed by atoms with van der Waals surface area (Å²) in [5.74, 6) is -0.622. The van der Waals surface area contributed by atoms with E-state index in [2.05, 4.69) is 21.0 Å². The van der Waals surface area contributed by atoms with Crippen LogP contribution in [-0.2, 0) is 13.2 Å². The van der Waals surface area contributed by atoms with Crippen molar-refractivity contribution >= 4 is 27.6 Å². The first-order valence-corrected chi connectivity index (χ1v) is 7.20. The number of rotatable bonds is 5. The zero-order chi connectivity index (χ0) is 15.6. The summed E-state index contributed by atoms with van der Waals surface area (Å²) in [6, 6.07) is 4.59. The van der Waals surface area contributed by atoms with E-state index in [4.69, 9.17) is 15.6 Å². The van der Waals surface area contributed by atoms with Crippen molar-refractivity contribution in [3.8, 4) is 5.75 Å². The predicted molar refractivity (Wildman–Crippen MR) is 82.5 cm³/mol. The highest BCUT2D eigenvalue weighted by Crippen LogP contribution is 2.24. The van der Waals surface area contributed by atoms with E-state index in [0.29, 0.717) is 5.75 Å². The van der Waals surface area contributed by atoms with E-state index in [1.54, 1.807) is 6.07 Å². The average molecular weight is 354 g/mol. The topological polar surface area (TPSA) is 90.4 Å². The van der Waals surface area contributed by atoms with Gasteiger partial charge in [-0.2, -0.15) is 5.10 Å². The van der Waals surface area contributed by atoms with E-state index in [1.165, 1.54) is 12.1 Å². The lowest BCUT2D eigenvalue weighted by molar-refractivity contribution is 0.0697. The first kappa shape index (κ1) is 15.4. The van der Waals surface area contributed by atoms with Crippen LogP contribution in [0.1, 0.15) is 28.7 Å². The Bertz CT molecular complexity index is 682. The van der Waals surface area contributed by atoms with Gasteiger partial charge in [0.1, 0.15) is 12.4 Å². The fourth-order valence-corrected chi connectivity index (χ4v) is 2.37. The van der Waals surface area contributed by atoms with Gasteiger partial charge in [-0.1, -0.05) is 0 Å². The third kappa shape index (κ3) is 3.18. The number of aromatic carboxylic acids is 1. The SMILES string of the molecule is CCn1nc(C)c(Br)c1COc1ccc(N)c(C(=O)O)c1. The molecule has 21 heavy (non-hydrogen) atoms. The third-order valence-corrected chi connectivity index (χ3v) is 4.12. The van der Waals surface area contributed by atoms with Crippen LogP contribution < -0.4 is 10.5 Å². The molecule has 0 radical (unpaired) electrons. The van der Waals surface area contributed by atoms with Crippen molar-refractivity contribution in [3.63, 3.8) is 0 Å². The molecule has 7 heteroatoms. The maximum Gasteiger partial charge on any atom is 0.337 e. The summed E-state index contributed by atoms with van der Waals surface area (Å²) in [6.45, 7) is 4.92. The first-order chi connectivity index (χ1) is 9.93. The molecular formula is C14H16BrN3O3. The lowest BCUT2D eigenvalue weighted by Gasteiger charge is -2.10. The highest BCUT2D eigenvalue weighted by atomic mass is 79.9. The fourth-order valence-electron chi connectivity index (χ4n) is 1.97. The molecule has 0 aliphatic carbocycles. The predicted octanol–water partition coefficient (Wildman–Crippen LogP) is 2.83. The van der Waals surface area contributed by atoms with Gasteiger partial charge >= 0.3 is 5.97 Å². The quantitative estimate of drug-likeness (QED) is 0.806. The maximum atomic E-state index is 11.0. The fraction of sp³-hybridized carbons (Fsp3) is 0.286. The number of benzene rings is 1. The number of nitrogens with two attached hydrogens (primary N) is 1. The van der Waals surface area contributed by atoms with E-state index in [1.807, 2.05) is 18.5 Å². The van der Waals surface area contributed by atoms with Crippen molar-refractivity contribution in [2.45, 2.75) is 27.0 Å². The normalized spacial score (nSPS) is 10.6. The molecule has 0 saturated carbocycles. The van der Waals surface area contributed by atoms with E-state index < -0.39 is 5.97 Å². The van der Waals surface area contributed by atoms with Crippen LogP contribution in [0.2, 0.25) is 0 Å². The molecule has 1 aromatic carbocycles. The monoisotopic (exact) mass is 353 g/mol. The standard InChI is InChI=1S/C14H16BrN3O3/c1-3-18-12(13(15)8(2)17-18)7-21-9-4-5-11(16)10(6-9)14(19)20/h4-6H,3,7,16H2,1-2H3,(H,19,20). The number of halogens is 1. The largest absolute Gasteiger partial charge is 0.487 e. The van der Waals surface area contributed by atoms with Gasteiger partial charge in [-0.25, -0.2) is 4.79 Å². The van der Waals surface area contributed by atoms with Crippen molar-refractivity contribution in [2.24, 2.45) is 0 Å². The van der Waals surface area contributed by atoms with Crippen LogP contribution in [0.3, 0.4) is 0 Å². The van der Waals surface area contributed by atoms with Gasteiger partial charge in [0.15, 0.2) is 0 Å². The first-order valence-electron chi connectivity index (χ1n) is 6.41. The minimum atomic E-state index is -1.08. The zero-order valence-electron chi connectivity index (χ0n) is 11.8. The Labute approximate surface area is 130 Å². The summed E-state index contributed by atoms with van der Waals surface area (Å²) < 4.78 is 8.41. The van der Waals surface area contributed by atoms with Gasteiger partial charge in [0.25, 0.3) is 0 Å². The molecule has 3 N–H and O–H groups in total. The molecule has 6 nitrogen and oxygen atoms in total. The van der Waals surface area contributed by atoms with Gasteiger partial charge in [-0.3, -0.25) is 4.68 Å². The second-order valence-electron chi connectivity index (χ2n) is 4.50. The van der Waals surface area contributed by atoms with E-state index in [-0.39, 0.29) is 17.9 Å². The molecule has 1 aromatic heterocycles. The molecule has 2 aromatic rings. The van der Waals surface area contributed by atoms with E-state index in [0.717, 1.165) is 22.4 Å². The molecule has 0 spiro atoms. The number of nitrogen functional groups attached to an aromatic ring is 1. The highest BCUT2D eigenvalue weighted by molar-refractivity contribution is 9.10. The Morgan fingerprint density at radius 3 is 2.86 bits per heavy atom. The van der Waals surface area contributed by atoms with Gasteiger partial charge in [0, 0.05) is 12.2 Å². The summed E-state index contributed by atoms with van der Waals surface area (Å²) in [5, 5.41) is 13.4. The number of anilines is 1. The van der Waals surface area contributed by atoms with Gasteiger partial charge in [0.05, 0.1) is 21.4 Å². The number of carbonyl (C=O) groups is 1. The summed E-state index contributed by atoms with van der Waals surface area (Å²) in [7, 11) is 0. The number of nitrogens with zero attached hydrogens (tertiary/aromatic N) is 2. The summed E-state index contributed by atoms with van der Waals surface area (Å²) in [5.41, 5.74) is 7.65. The van der Waals surface area contributed by atoms with Crippen LogP contribution in [0.4, 0.5) is 5.69 Å². The van der Waals surface area contributed by atoms with Gasteiger partial charge in [-0.15, -0.1) is 0 Å². The van der Waals surface area contributed by atoms with Crippen molar-refractivity contribution in [3.05, 3.63) is 39.6 Å². The minimum absolute atomic E-state index is 0.0340. The molecule has 0 aliphatic heterocycles. The zero-order valence-corrected chi connectivity index (χ0v) is 13.3. The summed E-state index contributed by atoms with van der Waals surface area (Å²) in [4.78, 5) is 11.0. The molecule has 0 fully saturated rings. The van der Waals surface area contributed by atoms with Crippen LogP contribution in [0.15, 0.2) is 22.7 Å². The Morgan fingerprint density at radius 1 is 1.52 bits per heavy atom. The maximum absolute atomic E-state index is 11.0. The summed E-state index contributed by atoms with van der Waals surface area (Å²) in [6.07, 6.45) is 0. The number of aryl methyl sites for hydroxylation is 2. The number of carboxylic acid groups (broad SMARTS) is 1. The average Bonchev–Trinajstić information content (AvgIpc) is 2.73. The smallest absolute Gasteiger partial charge is 0.337 e. The lowest BCUT2D eigenvalue weighted by atomic mass is 10.2. The number of ether oxygens (including phenoxy) is 1. The van der Waals surface area contributed by atoms with Crippen LogP contribution >= 0.6 is 15.9 Å². The molecule has 0 bridgehead atoms. The van der Waals surface area contributed by atoms with Crippen molar-refractivity contribution in [1.82, 2.24) is 9.78 Å². The third-order valence-electron chi connectivity index (χ3n) is 3.08. The van der Waals surface area contributed by atoms with E-state index in [9.17, 15) is 4.79 Å². The second-order valence-corrected chi connectivity index (χ2v) is 5.30. The van der Waals surface area contributed by atoms with E-state index >= 15 is 0 Å². The number of carboxylic acids is 1. The molecule has 0 atom stereocenters. The Kier molecular flexibility index (Phi) is 4.52. The lowest BCUT2D eigenvalue weighted by Crippen LogP contribution is -2.07. The molecule has 0 amide bonds. The van der Waals surface area contributed by atoms with Crippen molar-refractivity contribution in [2.75, 3.05) is 5.73 Å². The molecule has 2 rings (SSSR count). The van der Waals surface area contributed by atoms with Crippen LogP contribution in [0.25, 0.3) is 0 Å². The molecular weight excluding hydrogens is 338 g/mol. The minimum Gasteiger partial charge on any atom is -0.487 e. The van der Waals surface area contributed by atoms with Gasteiger partial charge in [-0.05, 0) is 48.0 Å².